The number of carbonyl (C=O) groups is 2. The molecule has 0 heterocycles. The van der Waals surface area contributed by atoms with E-state index in [1.54, 1.807) is 37.4 Å². The first-order chi connectivity index (χ1) is 15.0. The lowest BCUT2D eigenvalue weighted by Gasteiger charge is -2.12. The summed E-state index contributed by atoms with van der Waals surface area (Å²) in [5.41, 5.74) is 5.75. The predicted molar refractivity (Wildman–Crippen MR) is 126 cm³/mol. The van der Waals surface area contributed by atoms with Crippen molar-refractivity contribution in [3.8, 4) is 11.5 Å². The molecular weight excluding hydrogens is 482 g/mol. The van der Waals surface area contributed by atoms with Crippen molar-refractivity contribution in [2.45, 2.75) is 6.42 Å². The summed E-state index contributed by atoms with van der Waals surface area (Å²) in [6, 6.07) is 18.7. The molecule has 3 rings (SSSR count). The van der Waals surface area contributed by atoms with Gasteiger partial charge in [-0.1, -0.05) is 42.5 Å². The molecule has 0 saturated carbocycles. The lowest BCUT2D eigenvalue weighted by atomic mass is 10.1. The van der Waals surface area contributed by atoms with Crippen LogP contribution in [0, 0.1) is 0 Å². The van der Waals surface area contributed by atoms with Gasteiger partial charge in [0.1, 0.15) is 11.5 Å². The van der Waals surface area contributed by atoms with Gasteiger partial charge in [0.05, 0.1) is 18.0 Å². The minimum Gasteiger partial charge on any atom is -0.497 e. The molecule has 7 nitrogen and oxygen atoms in total. The fraction of sp³-hybridized carbons (Fsp3) is 0.136. The molecular formula is C22H20BrN3O4S. The summed E-state index contributed by atoms with van der Waals surface area (Å²) in [4.78, 5) is 24.1. The van der Waals surface area contributed by atoms with Crippen molar-refractivity contribution < 1.29 is 19.1 Å². The molecule has 0 atom stereocenters. The normalized spacial score (nSPS) is 10.3. The monoisotopic (exact) mass is 501 g/mol. The summed E-state index contributed by atoms with van der Waals surface area (Å²) in [6.45, 7) is -0.238. The molecule has 0 aliphatic carbocycles. The fourth-order valence-electron chi connectivity index (χ4n) is 2.76. The number of halogens is 1. The molecule has 0 spiro atoms. The van der Waals surface area contributed by atoms with E-state index in [9.17, 15) is 9.59 Å². The van der Waals surface area contributed by atoms with Crippen LogP contribution < -0.4 is 25.6 Å². The summed E-state index contributed by atoms with van der Waals surface area (Å²) < 4.78 is 11.4. The fourth-order valence-corrected chi connectivity index (χ4v) is 3.53. The molecule has 160 valence electrons. The Morgan fingerprint density at radius 2 is 1.71 bits per heavy atom. The van der Waals surface area contributed by atoms with Crippen LogP contribution in [-0.2, 0) is 16.0 Å². The second-order valence-corrected chi connectivity index (χ2v) is 7.66. The van der Waals surface area contributed by atoms with Crippen molar-refractivity contribution in [1.82, 2.24) is 16.2 Å². The Morgan fingerprint density at radius 1 is 0.968 bits per heavy atom. The van der Waals surface area contributed by atoms with E-state index in [0.29, 0.717) is 11.5 Å². The van der Waals surface area contributed by atoms with E-state index in [4.69, 9.17) is 21.7 Å². The molecule has 0 aliphatic rings. The predicted octanol–water partition coefficient (Wildman–Crippen LogP) is 3.25. The van der Waals surface area contributed by atoms with Crippen LogP contribution in [0.3, 0.4) is 0 Å². The van der Waals surface area contributed by atoms with Crippen LogP contribution in [0.4, 0.5) is 0 Å². The zero-order valence-electron chi connectivity index (χ0n) is 16.6. The number of amides is 2. The van der Waals surface area contributed by atoms with Crippen molar-refractivity contribution >= 4 is 55.8 Å². The lowest BCUT2D eigenvalue weighted by molar-refractivity contribution is -0.122. The minimum absolute atomic E-state index is 0.0331. The minimum atomic E-state index is -0.457. The van der Waals surface area contributed by atoms with E-state index in [0.717, 1.165) is 20.8 Å². The maximum absolute atomic E-state index is 12.1. The second kappa shape index (κ2) is 10.7. The molecule has 0 unspecified atom stereocenters. The van der Waals surface area contributed by atoms with Crippen LogP contribution >= 0.6 is 28.1 Å². The maximum Gasteiger partial charge on any atom is 0.264 e. The number of fused-ring (bicyclic) bond motifs is 1. The Kier molecular flexibility index (Phi) is 7.80. The van der Waals surface area contributed by atoms with Gasteiger partial charge in [-0.25, -0.2) is 0 Å². The molecule has 3 aromatic rings. The van der Waals surface area contributed by atoms with E-state index in [1.165, 1.54) is 0 Å². The maximum atomic E-state index is 12.1. The third kappa shape index (κ3) is 6.40. The van der Waals surface area contributed by atoms with Crippen molar-refractivity contribution in [2.24, 2.45) is 0 Å². The zero-order chi connectivity index (χ0) is 22.2. The number of carbonyl (C=O) groups excluding carboxylic acids is 2. The first-order valence-electron chi connectivity index (χ1n) is 9.28. The number of ether oxygens (including phenoxy) is 2. The molecule has 3 N–H and O–H groups in total. The van der Waals surface area contributed by atoms with Crippen LogP contribution in [0.25, 0.3) is 10.8 Å². The van der Waals surface area contributed by atoms with E-state index in [2.05, 4.69) is 32.1 Å². The van der Waals surface area contributed by atoms with Gasteiger partial charge in [-0.2, -0.15) is 0 Å². The van der Waals surface area contributed by atoms with Crippen LogP contribution in [0.15, 0.2) is 65.1 Å². The number of hydrazine groups is 1. The number of methoxy groups -OCH3 is 1. The highest BCUT2D eigenvalue weighted by Gasteiger charge is 2.10. The van der Waals surface area contributed by atoms with E-state index in [1.807, 2.05) is 30.3 Å². The quantitative estimate of drug-likeness (QED) is 0.355. The molecule has 0 bridgehead atoms. The highest BCUT2D eigenvalue weighted by molar-refractivity contribution is 9.10. The number of thiocarbonyl (C=S) groups is 1. The zero-order valence-corrected chi connectivity index (χ0v) is 19.0. The molecule has 2 amide bonds. The van der Waals surface area contributed by atoms with Gasteiger partial charge in [-0.15, -0.1) is 0 Å². The van der Waals surface area contributed by atoms with Gasteiger partial charge in [0.15, 0.2) is 11.7 Å². The first-order valence-corrected chi connectivity index (χ1v) is 10.5. The Hall–Kier alpha value is -3.17. The Morgan fingerprint density at radius 3 is 2.45 bits per heavy atom. The van der Waals surface area contributed by atoms with E-state index in [-0.39, 0.29) is 24.0 Å². The first kappa shape index (κ1) is 22.5. The highest BCUT2D eigenvalue weighted by atomic mass is 79.9. The highest BCUT2D eigenvalue weighted by Crippen LogP contribution is 2.32. The number of hydrogen-bond donors (Lipinski definition) is 3. The summed E-state index contributed by atoms with van der Waals surface area (Å²) in [6.07, 6.45) is 0.145. The van der Waals surface area contributed by atoms with E-state index >= 15 is 0 Å². The average molecular weight is 502 g/mol. The molecule has 0 saturated heterocycles. The van der Waals surface area contributed by atoms with Crippen LogP contribution in [0.2, 0.25) is 0 Å². The molecule has 3 aromatic carbocycles. The second-order valence-electron chi connectivity index (χ2n) is 6.46. The summed E-state index contributed by atoms with van der Waals surface area (Å²) in [5, 5.41) is 4.46. The van der Waals surface area contributed by atoms with Gasteiger partial charge < -0.3 is 9.47 Å². The molecule has 0 aliphatic heterocycles. The summed E-state index contributed by atoms with van der Waals surface area (Å²) in [5.74, 6) is 0.490. The van der Waals surface area contributed by atoms with Crippen molar-refractivity contribution in [2.75, 3.05) is 13.7 Å². The van der Waals surface area contributed by atoms with Crippen molar-refractivity contribution in [1.29, 1.82) is 0 Å². The SMILES string of the molecule is COc1ccc(CC(=O)NNC(=S)NC(=O)COc2ccc3ccccc3c2Br)cc1. The smallest absolute Gasteiger partial charge is 0.264 e. The Bertz CT molecular complexity index is 1110. The third-order valence-electron chi connectivity index (χ3n) is 4.28. The van der Waals surface area contributed by atoms with Gasteiger partial charge in [-0.3, -0.25) is 25.8 Å². The summed E-state index contributed by atoms with van der Waals surface area (Å²) in [7, 11) is 1.58. The van der Waals surface area contributed by atoms with Crippen LogP contribution in [0.5, 0.6) is 11.5 Å². The number of nitrogens with one attached hydrogen (secondary N) is 3. The van der Waals surface area contributed by atoms with E-state index < -0.39 is 5.91 Å². The standard InChI is InChI=1S/C22H20BrN3O4S/c1-29-16-9-6-14(7-10-16)12-19(27)25-26-22(31)24-20(28)13-30-18-11-8-15-4-2-3-5-17(15)21(18)23/h2-11H,12-13H2,1H3,(H,25,27)(H2,24,26,28,31). The molecule has 9 heteroatoms. The Labute approximate surface area is 193 Å². The van der Waals surface area contributed by atoms with Gasteiger partial charge in [0, 0.05) is 0 Å². The molecule has 0 radical (unpaired) electrons. The van der Waals surface area contributed by atoms with Gasteiger partial charge in [-0.05, 0) is 62.7 Å². The molecule has 0 fully saturated rings. The molecule has 0 aromatic heterocycles. The van der Waals surface area contributed by atoms with Gasteiger partial charge in [0.25, 0.3) is 5.91 Å². The number of benzene rings is 3. The van der Waals surface area contributed by atoms with Crippen molar-refractivity contribution in [3.63, 3.8) is 0 Å². The van der Waals surface area contributed by atoms with Crippen LogP contribution in [-0.4, -0.2) is 30.6 Å². The van der Waals surface area contributed by atoms with Crippen molar-refractivity contribution in [3.05, 3.63) is 70.7 Å². The average Bonchev–Trinajstić information content (AvgIpc) is 2.78. The summed E-state index contributed by atoms with van der Waals surface area (Å²) >= 11 is 8.54. The number of hydrogen-bond acceptors (Lipinski definition) is 5. The van der Waals surface area contributed by atoms with Crippen LogP contribution in [0.1, 0.15) is 5.56 Å². The van der Waals surface area contributed by atoms with Gasteiger partial charge >= 0.3 is 0 Å². The lowest BCUT2D eigenvalue weighted by Crippen LogP contribution is -2.49. The topological polar surface area (TPSA) is 88.7 Å². The third-order valence-corrected chi connectivity index (χ3v) is 5.30. The largest absolute Gasteiger partial charge is 0.497 e. The molecule has 31 heavy (non-hydrogen) atoms. The number of rotatable bonds is 6. The van der Waals surface area contributed by atoms with Gasteiger partial charge in [0.2, 0.25) is 5.91 Å². The Balaban J connectivity index is 1.42.